The normalized spacial score (nSPS) is 12.3. The van der Waals surface area contributed by atoms with E-state index in [0.717, 1.165) is 10.4 Å². The fourth-order valence-electron chi connectivity index (χ4n) is 1.81. The molecule has 1 unspecified atom stereocenters. The second-order valence-electron chi connectivity index (χ2n) is 4.35. The van der Waals surface area contributed by atoms with Gasteiger partial charge in [0.05, 0.1) is 0 Å². The standard InChI is InChI=1S/C14H16N2O2S/c1-10-4-5-12(19-10)9-16-13(14(17)18)7-11-3-2-6-15-8-11/h2-6,8,13,16H,7,9H2,1H3,(H,17,18). The predicted octanol–water partition coefficient (Wildman–Crippen LogP) is 2.24. The molecule has 19 heavy (non-hydrogen) atoms. The number of carbonyl (C=O) groups is 1. The molecular formula is C14H16N2O2S. The van der Waals surface area contributed by atoms with Crippen molar-refractivity contribution < 1.29 is 9.90 Å². The molecule has 0 aromatic carbocycles. The molecule has 0 fully saturated rings. The molecule has 0 bridgehead atoms. The summed E-state index contributed by atoms with van der Waals surface area (Å²) < 4.78 is 0. The Balaban J connectivity index is 1.95. The molecule has 1 atom stereocenters. The predicted molar refractivity (Wildman–Crippen MR) is 75.3 cm³/mol. The smallest absolute Gasteiger partial charge is 0.321 e. The molecular weight excluding hydrogens is 260 g/mol. The number of aliphatic carboxylic acids is 1. The van der Waals surface area contributed by atoms with Crippen LogP contribution in [0.4, 0.5) is 0 Å². The maximum Gasteiger partial charge on any atom is 0.321 e. The maximum atomic E-state index is 11.3. The van der Waals surface area contributed by atoms with E-state index in [-0.39, 0.29) is 0 Å². The fraction of sp³-hybridized carbons (Fsp3) is 0.286. The highest BCUT2D eigenvalue weighted by Gasteiger charge is 2.17. The van der Waals surface area contributed by atoms with Gasteiger partial charge in [0.15, 0.2) is 0 Å². The van der Waals surface area contributed by atoms with Crippen molar-refractivity contribution in [1.29, 1.82) is 0 Å². The summed E-state index contributed by atoms with van der Waals surface area (Å²) >= 11 is 1.68. The van der Waals surface area contributed by atoms with E-state index in [1.807, 2.05) is 31.2 Å². The van der Waals surface area contributed by atoms with Gasteiger partial charge in [0.25, 0.3) is 0 Å². The van der Waals surface area contributed by atoms with E-state index in [1.54, 1.807) is 23.7 Å². The average Bonchev–Trinajstić information content (AvgIpc) is 2.81. The summed E-state index contributed by atoms with van der Waals surface area (Å²) in [7, 11) is 0. The van der Waals surface area contributed by atoms with Crippen LogP contribution in [-0.2, 0) is 17.8 Å². The third-order valence-electron chi connectivity index (χ3n) is 2.78. The van der Waals surface area contributed by atoms with Crippen LogP contribution in [0.1, 0.15) is 15.3 Å². The topological polar surface area (TPSA) is 62.2 Å². The van der Waals surface area contributed by atoms with Gasteiger partial charge in [-0.1, -0.05) is 6.07 Å². The first kappa shape index (κ1) is 13.7. The minimum atomic E-state index is -0.836. The van der Waals surface area contributed by atoms with Crippen LogP contribution < -0.4 is 5.32 Å². The maximum absolute atomic E-state index is 11.3. The minimum Gasteiger partial charge on any atom is -0.480 e. The molecule has 0 amide bonds. The summed E-state index contributed by atoms with van der Waals surface area (Å²) in [6.45, 7) is 2.62. The van der Waals surface area contributed by atoms with Crippen molar-refractivity contribution in [2.45, 2.75) is 25.9 Å². The molecule has 0 aliphatic carbocycles. The van der Waals surface area contributed by atoms with Crippen molar-refractivity contribution in [2.75, 3.05) is 0 Å². The van der Waals surface area contributed by atoms with E-state index in [4.69, 9.17) is 0 Å². The zero-order valence-corrected chi connectivity index (χ0v) is 11.5. The van der Waals surface area contributed by atoms with Crippen LogP contribution in [0.15, 0.2) is 36.7 Å². The SMILES string of the molecule is Cc1ccc(CNC(Cc2cccnc2)C(=O)O)s1. The number of hydrogen-bond acceptors (Lipinski definition) is 4. The molecule has 0 radical (unpaired) electrons. The highest BCUT2D eigenvalue weighted by Crippen LogP contribution is 2.15. The third kappa shape index (κ3) is 4.15. The molecule has 0 aliphatic rings. The van der Waals surface area contributed by atoms with E-state index in [2.05, 4.69) is 10.3 Å². The Labute approximate surface area is 116 Å². The Kier molecular flexibility index (Phi) is 4.65. The van der Waals surface area contributed by atoms with Crippen LogP contribution in [0, 0.1) is 6.92 Å². The Morgan fingerprint density at radius 3 is 2.89 bits per heavy atom. The fourth-order valence-corrected chi connectivity index (χ4v) is 2.65. The van der Waals surface area contributed by atoms with Crippen LogP contribution in [0.3, 0.4) is 0 Å². The highest BCUT2D eigenvalue weighted by atomic mass is 32.1. The van der Waals surface area contributed by atoms with Gasteiger partial charge in [-0.2, -0.15) is 0 Å². The Morgan fingerprint density at radius 1 is 1.47 bits per heavy atom. The zero-order chi connectivity index (χ0) is 13.7. The van der Waals surface area contributed by atoms with Crippen molar-refractivity contribution in [3.63, 3.8) is 0 Å². The molecule has 2 aromatic rings. The summed E-state index contributed by atoms with van der Waals surface area (Å²) in [5.41, 5.74) is 0.921. The number of rotatable bonds is 6. The van der Waals surface area contributed by atoms with Crippen molar-refractivity contribution in [3.8, 4) is 0 Å². The van der Waals surface area contributed by atoms with Crippen molar-refractivity contribution in [2.24, 2.45) is 0 Å². The van der Waals surface area contributed by atoms with Crippen LogP contribution >= 0.6 is 11.3 Å². The molecule has 5 heteroatoms. The van der Waals surface area contributed by atoms with Crippen LogP contribution in [0.5, 0.6) is 0 Å². The van der Waals surface area contributed by atoms with Gasteiger partial charge in [-0.3, -0.25) is 15.1 Å². The van der Waals surface area contributed by atoms with Crippen molar-refractivity contribution >= 4 is 17.3 Å². The minimum absolute atomic E-state index is 0.438. The zero-order valence-electron chi connectivity index (χ0n) is 10.7. The molecule has 0 saturated heterocycles. The molecule has 2 rings (SSSR count). The lowest BCUT2D eigenvalue weighted by atomic mass is 10.1. The van der Waals surface area contributed by atoms with E-state index >= 15 is 0 Å². The van der Waals surface area contributed by atoms with Gasteiger partial charge in [0, 0.05) is 28.7 Å². The second-order valence-corrected chi connectivity index (χ2v) is 5.72. The number of pyridine rings is 1. The Hall–Kier alpha value is -1.72. The van der Waals surface area contributed by atoms with E-state index in [9.17, 15) is 9.90 Å². The number of hydrogen-bond donors (Lipinski definition) is 2. The summed E-state index contributed by atoms with van der Waals surface area (Å²) in [4.78, 5) is 17.6. The van der Waals surface area contributed by atoms with Gasteiger partial charge in [-0.15, -0.1) is 11.3 Å². The number of thiophene rings is 1. The molecule has 100 valence electrons. The van der Waals surface area contributed by atoms with Gasteiger partial charge in [-0.05, 0) is 37.1 Å². The number of carboxylic acids is 1. The number of aryl methyl sites for hydroxylation is 1. The third-order valence-corrected chi connectivity index (χ3v) is 3.78. The number of aromatic nitrogens is 1. The number of nitrogens with zero attached hydrogens (tertiary/aromatic N) is 1. The van der Waals surface area contributed by atoms with Crippen LogP contribution in [-0.4, -0.2) is 22.1 Å². The summed E-state index contributed by atoms with van der Waals surface area (Å²) in [6.07, 6.45) is 3.82. The van der Waals surface area contributed by atoms with Gasteiger partial charge >= 0.3 is 5.97 Å². The largest absolute Gasteiger partial charge is 0.480 e. The lowest BCUT2D eigenvalue weighted by molar-refractivity contribution is -0.139. The first-order valence-corrected chi connectivity index (χ1v) is 6.87. The highest BCUT2D eigenvalue weighted by molar-refractivity contribution is 7.11. The molecule has 0 saturated carbocycles. The molecule has 2 N–H and O–H groups in total. The summed E-state index contributed by atoms with van der Waals surface area (Å²) in [6, 6.07) is 7.18. The lowest BCUT2D eigenvalue weighted by Gasteiger charge is -2.13. The van der Waals surface area contributed by atoms with Gasteiger partial charge in [-0.25, -0.2) is 0 Å². The lowest BCUT2D eigenvalue weighted by Crippen LogP contribution is -2.37. The van der Waals surface area contributed by atoms with Crippen LogP contribution in [0.25, 0.3) is 0 Å². The monoisotopic (exact) mass is 276 g/mol. The molecule has 2 heterocycles. The molecule has 0 aliphatic heterocycles. The quantitative estimate of drug-likeness (QED) is 0.849. The Morgan fingerprint density at radius 2 is 2.32 bits per heavy atom. The summed E-state index contributed by atoms with van der Waals surface area (Å²) in [5, 5.41) is 12.3. The summed E-state index contributed by atoms with van der Waals surface area (Å²) in [5.74, 6) is -0.836. The molecule has 2 aromatic heterocycles. The first-order chi connectivity index (χ1) is 9.15. The van der Waals surface area contributed by atoms with Crippen molar-refractivity contribution in [3.05, 3.63) is 52.0 Å². The van der Waals surface area contributed by atoms with E-state index < -0.39 is 12.0 Å². The van der Waals surface area contributed by atoms with Crippen molar-refractivity contribution in [1.82, 2.24) is 10.3 Å². The van der Waals surface area contributed by atoms with E-state index in [1.165, 1.54) is 4.88 Å². The van der Waals surface area contributed by atoms with Gasteiger partial charge < -0.3 is 5.11 Å². The van der Waals surface area contributed by atoms with Crippen LogP contribution in [0.2, 0.25) is 0 Å². The van der Waals surface area contributed by atoms with E-state index in [0.29, 0.717) is 13.0 Å². The number of carboxylic acid groups (broad SMARTS) is 1. The first-order valence-electron chi connectivity index (χ1n) is 6.05. The van der Waals surface area contributed by atoms with Gasteiger partial charge in [0.2, 0.25) is 0 Å². The average molecular weight is 276 g/mol. The number of nitrogens with one attached hydrogen (secondary N) is 1. The Bertz CT molecular complexity index is 539. The molecule has 0 spiro atoms. The van der Waals surface area contributed by atoms with Gasteiger partial charge in [0.1, 0.15) is 6.04 Å². The molecule has 4 nitrogen and oxygen atoms in total. The second kappa shape index (κ2) is 6.45.